The number of benzene rings is 1. The summed E-state index contributed by atoms with van der Waals surface area (Å²) in [4.78, 5) is 24.5. The maximum Gasteiger partial charge on any atom is 0.245 e. The number of nitrogens with zero attached hydrogens (tertiary/aromatic N) is 4. The van der Waals surface area contributed by atoms with Crippen LogP contribution in [0.5, 0.6) is 0 Å². The predicted octanol–water partition coefficient (Wildman–Crippen LogP) is 4.51. The molecule has 4 aromatic rings. The number of likely N-dealkylation sites (tertiary alicyclic amines) is 1. The van der Waals surface area contributed by atoms with E-state index in [1.54, 1.807) is 11.3 Å². The van der Waals surface area contributed by atoms with Crippen molar-refractivity contribution in [2.45, 2.75) is 31.7 Å². The molecule has 1 aliphatic heterocycles. The summed E-state index contributed by atoms with van der Waals surface area (Å²) in [6.07, 6.45) is 1.97. The molecular formula is C21H22N6OS2. The molecule has 1 aliphatic rings. The van der Waals surface area contributed by atoms with E-state index in [-0.39, 0.29) is 11.8 Å². The lowest BCUT2D eigenvalue weighted by molar-refractivity contribution is -0.135. The number of hydrogen-bond donors (Lipinski definition) is 2. The molecule has 1 amide bonds. The number of H-pyrrole nitrogens is 2. The Labute approximate surface area is 182 Å². The number of carbonyl (C=O) groups excluding carboxylic acids is 1. The highest BCUT2D eigenvalue weighted by Crippen LogP contribution is 2.30. The van der Waals surface area contributed by atoms with Crippen LogP contribution in [-0.4, -0.2) is 48.6 Å². The fraction of sp³-hybridized carbons (Fsp3) is 0.333. The first-order valence-corrected chi connectivity index (χ1v) is 11.3. The van der Waals surface area contributed by atoms with Crippen molar-refractivity contribution in [2.75, 3.05) is 13.1 Å². The molecule has 30 heavy (non-hydrogen) atoms. The molecule has 0 bridgehead atoms. The lowest BCUT2D eigenvalue weighted by atomic mass is 9.97. The van der Waals surface area contributed by atoms with Crippen LogP contribution in [0, 0.1) is 4.77 Å². The van der Waals surface area contributed by atoms with Gasteiger partial charge in [-0.25, -0.2) is 4.98 Å². The largest absolute Gasteiger partial charge is 0.342 e. The molecule has 3 aromatic heterocycles. The van der Waals surface area contributed by atoms with E-state index in [0.717, 1.165) is 41.1 Å². The van der Waals surface area contributed by atoms with E-state index >= 15 is 0 Å². The second-order valence-electron chi connectivity index (χ2n) is 7.64. The molecule has 0 saturated carbocycles. The molecule has 0 radical (unpaired) electrons. The number of para-hydroxylation sites is 2. The molecule has 2 N–H and O–H groups in total. The van der Waals surface area contributed by atoms with Gasteiger partial charge in [0, 0.05) is 19.0 Å². The number of piperidine rings is 1. The van der Waals surface area contributed by atoms with E-state index in [0.29, 0.717) is 17.1 Å². The highest BCUT2D eigenvalue weighted by Gasteiger charge is 2.31. The quantitative estimate of drug-likeness (QED) is 0.459. The van der Waals surface area contributed by atoms with Crippen LogP contribution >= 0.6 is 23.6 Å². The molecule has 0 aliphatic carbocycles. The van der Waals surface area contributed by atoms with Gasteiger partial charge < -0.3 is 9.88 Å². The fourth-order valence-corrected chi connectivity index (χ4v) is 5.19. The second kappa shape index (κ2) is 7.81. The molecule has 2 unspecified atom stereocenters. The Morgan fingerprint density at radius 2 is 2.17 bits per heavy atom. The minimum absolute atomic E-state index is 0.0612. The normalized spacial score (nSPS) is 18.0. The van der Waals surface area contributed by atoms with Gasteiger partial charge >= 0.3 is 0 Å². The van der Waals surface area contributed by atoms with Crippen molar-refractivity contribution < 1.29 is 4.79 Å². The second-order valence-corrected chi connectivity index (χ2v) is 8.97. The zero-order valence-corrected chi connectivity index (χ0v) is 18.2. The minimum Gasteiger partial charge on any atom is -0.342 e. The molecule has 7 nitrogen and oxygen atoms in total. The summed E-state index contributed by atoms with van der Waals surface area (Å²) in [7, 11) is 0. The molecule has 1 fully saturated rings. The van der Waals surface area contributed by atoms with Gasteiger partial charge in [-0.15, -0.1) is 11.3 Å². The zero-order chi connectivity index (χ0) is 20.7. The average molecular weight is 439 g/mol. The van der Waals surface area contributed by atoms with E-state index in [4.69, 9.17) is 17.2 Å². The average Bonchev–Trinajstić information content (AvgIpc) is 3.51. The van der Waals surface area contributed by atoms with Gasteiger partial charge in [0.2, 0.25) is 5.91 Å². The third kappa shape index (κ3) is 3.37. The maximum atomic E-state index is 13.4. The van der Waals surface area contributed by atoms with Crippen molar-refractivity contribution in [2.24, 2.45) is 0 Å². The molecular weight excluding hydrogens is 416 g/mol. The van der Waals surface area contributed by atoms with E-state index in [9.17, 15) is 4.79 Å². The zero-order valence-electron chi connectivity index (χ0n) is 16.5. The first-order chi connectivity index (χ1) is 14.6. The van der Waals surface area contributed by atoms with Crippen LogP contribution in [0.15, 0.2) is 41.8 Å². The standard InChI is InChI=1S/C21H22N6OS2/c1-13(27-19(24-25-21(27)29)17-9-5-11-30-17)20(28)26-10-4-6-14(12-26)18-22-15-7-2-3-8-16(15)23-18/h2-3,5,7-9,11,13-14H,4,6,10,12H2,1H3,(H,22,23)(H,25,29). The highest BCUT2D eigenvalue weighted by molar-refractivity contribution is 7.71. The molecule has 154 valence electrons. The number of hydrogen-bond acceptors (Lipinski definition) is 5. The van der Waals surface area contributed by atoms with E-state index in [1.807, 2.05) is 58.2 Å². The summed E-state index contributed by atoms with van der Waals surface area (Å²) in [5.41, 5.74) is 2.00. The third-order valence-electron chi connectivity index (χ3n) is 5.72. The Balaban J connectivity index is 1.38. The molecule has 5 rings (SSSR count). The molecule has 1 saturated heterocycles. The van der Waals surface area contributed by atoms with Gasteiger partial charge in [-0.3, -0.25) is 14.5 Å². The van der Waals surface area contributed by atoms with Crippen molar-refractivity contribution in [1.29, 1.82) is 0 Å². The monoisotopic (exact) mass is 438 g/mol. The first-order valence-electron chi connectivity index (χ1n) is 10.1. The number of imidazole rings is 1. The van der Waals surface area contributed by atoms with E-state index < -0.39 is 6.04 Å². The summed E-state index contributed by atoms with van der Waals surface area (Å²) in [6, 6.07) is 11.6. The summed E-state index contributed by atoms with van der Waals surface area (Å²) in [5.74, 6) is 1.93. The van der Waals surface area contributed by atoms with Gasteiger partial charge in [-0.2, -0.15) is 5.10 Å². The van der Waals surface area contributed by atoms with Crippen LogP contribution in [0.1, 0.15) is 37.5 Å². The molecule has 0 spiro atoms. The number of aromatic nitrogens is 5. The van der Waals surface area contributed by atoms with Gasteiger partial charge in [0.1, 0.15) is 11.9 Å². The van der Waals surface area contributed by atoms with Crippen LogP contribution in [-0.2, 0) is 4.79 Å². The third-order valence-corrected chi connectivity index (χ3v) is 6.87. The summed E-state index contributed by atoms with van der Waals surface area (Å²) in [5, 5.41) is 9.21. The van der Waals surface area contributed by atoms with E-state index in [2.05, 4.69) is 15.2 Å². The van der Waals surface area contributed by atoms with Crippen molar-refractivity contribution in [3.8, 4) is 10.7 Å². The summed E-state index contributed by atoms with van der Waals surface area (Å²) < 4.78 is 2.29. The number of rotatable bonds is 4. The molecule has 1 aromatic carbocycles. The summed E-state index contributed by atoms with van der Waals surface area (Å²) in [6.45, 7) is 3.30. The first kappa shape index (κ1) is 19.2. The predicted molar refractivity (Wildman–Crippen MR) is 120 cm³/mol. The van der Waals surface area contributed by atoms with E-state index in [1.165, 1.54) is 0 Å². The van der Waals surface area contributed by atoms with Gasteiger partial charge in [0.05, 0.1) is 15.9 Å². The van der Waals surface area contributed by atoms with Gasteiger partial charge in [0.25, 0.3) is 0 Å². The number of amides is 1. The number of aromatic amines is 2. The number of thiophene rings is 1. The summed E-state index contributed by atoms with van der Waals surface area (Å²) >= 11 is 7.02. The molecule has 9 heteroatoms. The van der Waals surface area contributed by atoms with Crippen molar-refractivity contribution >= 4 is 40.5 Å². The Morgan fingerprint density at radius 3 is 2.97 bits per heavy atom. The Bertz CT molecular complexity index is 1200. The molecule has 2 atom stereocenters. The van der Waals surface area contributed by atoms with Crippen LogP contribution in [0.25, 0.3) is 21.7 Å². The Hall–Kier alpha value is -2.78. The van der Waals surface area contributed by atoms with Crippen molar-refractivity contribution in [3.05, 3.63) is 52.4 Å². The van der Waals surface area contributed by atoms with Gasteiger partial charge in [0.15, 0.2) is 10.6 Å². The van der Waals surface area contributed by atoms with Crippen LogP contribution in [0.3, 0.4) is 0 Å². The lowest BCUT2D eigenvalue weighted by Gasteiger charge is -2.33. The van der Waals surface area contributed by atoms with Crippen LogP contribution < -0.4 is 0 Å². The Kier molecular flexibility index (Phi) is 5.00. The number of fused-ring (bicyclic) bond motifs is 1. The fourth-order valence-electron chi connectivity index (χ4n) is 4.18. The Morgan fingerprint density at radius 1 is 1.30 bits per heavy atom. The van der Waals surface area contributed by atoms with Gasteiger partial charge in [-0.05, 0) is 55.6 Å². The minimum atomic E-state index is -0.428. The topological polar surface area (TPSA) is 82.6 Å². The van der Waals surface area contributed by atoms with Crippen LogP contribution in [0.2, 0.25) is 0 Å². The maximum absolute atomic E-state index is 13.4. The smallest absolute Gasteiger partial charge is 0.245 e. The molecule has 4 heterocycles. The lowest BCUT2D eigenvalue weighted by Crippen LogP contribution is -2.42. The number of carbonyl (C=O) groups is 1. The van der Waals surface area contributed by atoms with Crippen molar-refractivity contribution in [3.63, 3.8) is 0 Å². The van der Waals surface area contributed by atoms with Crippen LogP contribution in [0.4, 0.5) is 0 Å². The van der Waals surface area contributed by atoms with Crippen molar-refractivity contribution in [1.82, 2.24) is 29.6 Å². The number of nitrogens with one attached hydrogen (secondary N) is 2. The van der Waals surface area contributed by atoms with Gasteiger partial charge in [-0.1, -0.05) is 18.2 Å². The highest BCUT2D eigenvalue weighted by atomic mass is 32.1. The SMILES string of the molecule is CC(C(=O)N1CCCC(c2nc3ccccc3[nH]2)C1)n1c(-c2cccs2)n[nH]c1=S.